The molecule has 1 aromatic rings. The standard InChI is InChI=1S/C25H29N3O5/c1-3-7-18(33-19-8-4-5-9-19)10-6-13-25(23(30)26-24(31)27-25)16-28-15-17-14-20(32-2)11-12-21(17)22(28)29/h3,6-7,10-12,14,19H,1,4-5,8-9,13,15-16H2,2H3,(H2,26,27,30,31)/b10-6-,18-7+. The second-order valence-electron chi connectivity index (χ2n) is 8.61. The molecule has 0 aromatic heterocycles. The number of fused-ring (bicyclic) bond motifs is 1. The zero-order chi connectivity index (χ0) is 23.4. The van der Waals surface area contributed by atoms with E-state index in [-0.39, 0.29) is 25.0 Å². The van der Waals surface area contributed by atoms with Crippen molar-refractivity contribution in [1.82, 2.24) is 15.5 Å². The van der Waals surface area contributed by atoms with E-state index in [0.717, 1.165) is 31.2 Å². The van der Waals surface area contributed by atoms with Crippen molar-refractivity contribution in [3.05, 3.63) is 66.0 Å². The SMILES string of the molecule is C=C/C=C(\C=C/CC1(CN2Cc3cc(OC)ccc3C2=O)NC(=O)NC1=O)OC1CCCC1. The fraction of sp³-hybridized carbons (Fsp3) is 0.400. The maximum Gasteiger partial charge on any atom is 0.322 e. The molecule has 4 rings (SSSR count). The first-order chi connectivity index (χ1) is 15.9. The van der Waals surface area contributed by atoms with Crippen LogP contribution in [0.5, 0.6) is 5.75 Å². The quantitative estimate of drug-likeness (QED) is 0.341. The summed E-state index contributed by atoms with van der Waals surface area (Å²) in [5, 5.41) is 5.06. The lowest BCUT2D eigenvalue weighted by Gasteiger charge is -2.30. The summed E-state index contributed by atoms with van der Waals surface area (Å²) in [6, 6.07) is 4.71. The van der Waals surface area contributed by atoms with Crippen LogP contribution in [-0.2, 0) is 16.1 Å². The smallest absolute Gasteiger partial charge is 0.322 e. The van der Waals surface area contributed by atoms with Gasteiger partial charge in [0.05, 0.1) is 19.8 Å². The van der Waals surface area contributed by atoms with Gasteiger partial charge in [0.1, 0.15) is 17.0 Å². The van der Waals surface area contributed by atoms with Gasteiger partial charge in [-0.25, -0.2) is 4.79 Å². The van der Waals surface area contributed by atoms with Crippen LogP contribution >= 0.6 is 0 Å². The predicted octanol–water partition coefficient (Wildman–Crippen LogP) is 3.20. The van der Waals surface area contributed by atoms with E-state index in [0.29, 0.717) is 23.6 Å². The van der Waals surface area contributed by atoms with Crippen LogP contribution in [0.4, 0.5) is 4.79 Å². The van der Waals surface area contributed by atoms with Crippen LogP contribution in [0.3, 0.4) is 0 Å². The molecule has 0 bridgehead atoms. The molecule has 2 aliphatic heterocycles. The van der Waals surface area contributed by atoms with Gasteiger partial charge in [0.15, 0.2) is 0 Å². The van der Waals surface area contributed by atoms with Crippen molar-refractivity contribution in [2.75, 3.05) is 13.7 Å². The van der Waals surface area contributed by atoms with E-state index in [9.17, 15) is 14.4 Å². The Hall–Kier alpha value is -3.55. The minimum absolute atomic E-state index is 0.0503. The minimum atomic E-state index is -1.26. The number of carbonyl (C=O) groups is 3. The van der Waals surface area contributed by atoms with Gasteiger partial charge in [-0.3, -0.25) is 14.9 Å². The number of hydrogen-bond donors (Lipinski definition) is 2. The Morgan fingerprint density at radius 1 is 1.27 bits per heavy atom. The van der Waals surface area contributed by atoms with Crippen molar-refractivity contribution >= 4 is 17.8 Å². The summed E-state index contributed by atoms with van der Waals surface area (Å²) in [5.41, 5.74) is 0.144. The molecule has 1 saturated carbocycles. The summed E-state index contributed by atoms with van der Waals surface area (Å²) >= 11 is 0. The Morgan fingerprint density at radius 2 is 2.06 bits per heavy atom. The number of carbonyl (C=O) groups excluding carboxylic acids is 3. The van der Waals surface area contributed by atoms with E-state index < -0.39 is 17.5 Å². The molecule has 1 atom stereocenters. The Labute approximate surface area is 193 Å². The van der Waals surface area contributed by atoms with E-state index in [2.05, 4.69) is 17.2 Å². The molecule has 2 heterocycles. The van der Waals surface area contributed by atoms with Crippen LogP contribution in [0.15, 0.2) is 54.8 Å². The molecule has 174 valence electrons. The third-order valence-corrected chi connectivity index (χ3v) is 6.30. The summed E-state index contributed by atoms with van der Waals surface area (Å²) in [6.07, 6.45) is 11.8. The normalized spacial score (nSPS) is 23.1. The molecule has 0 radical (unpaired) electrons. The van der Waals surface area contributed by atoms with Crippen LogP contribution < -0.4 is 15.4 Å². The van der Waals surface area contributed by atoms with E-state index in [1.807, 2.05) is 6.07 Å². The number of nitrogens with zero attached hydrogens (tertiary/aromatic N) is 1. The topological polar surface area (TPSA) is 97.0 Å². The number of imide groups is 1. The molecule has 33 heavy (non-hydrogen) atoms. The first kappa shape index (κ1) is 22.6. The van der Waals surface area contributed by atoms with Crippen LogP contribution in [-0.4, -0.2) is 48.0 Å². The van der Waals surface area contributed by atoms with Gasteiger partial charge in [-0.15, -0.1) is 0 Å². The van der Waals surface area contributed by atoms with Crippen LogP contribution in [0.1, 0.15) is 48.0 Å². The molecule has 0 spiro atoms. The largest absolute Gasteiger partial charge is 0.497 e. The third kappa shape index (κ3) is 4.79. The van der Waals surface area contributed by atoms with Crippen molar-refractivity contribution in [2.45, 2.75) is 50.3 Å². The first-order valence-corrected chi connectivity index (χ1v) is 11.2. The number of nitrogens with one attached hydrogen (secondary N) is 2. The third-order valence-electron chi connectivity index (χ3n) is 6.30. The molecule has 8 nitrogen and oxygen atoms in total. The zero-order valence-corrected chi connectivity index (χ0v) is 18.8. The monoisotopic (exact) mass is 451 g/mol. The summed E-state index contributed by atoms with van der Waals surface area (Å²) in [4.78, 5) is 39.4. The first-order valence-electron chi connectivity index (χ1n) is 11.2. The van der Waals surface area contributed by atoms with Gasteiger partial charge in [0, 0.05) is 12.1 Å². The molecule has 2 fully saturated rings. The van der Waals surface area contributed by atoms with Crippen molar-refractivity contribution in [2.24, 2.45) is 0 Å². The lowest BCUT2D eigenvalue weighted by atomic mass is 9.94. The highest BCUT2D eigenvalue weighted by atomic mass is 16.5. The number of urea groups is 1. The van der Waals surface area contributed by atoms with Gasteiger partial charge in [-0.1, -0.05) is 18.7 Å². The highest BCUT2D eigenvalue weighted by Crippen LogP contribution is 2.30. The van der Waals surface area contributed by atoms with E-state index in [1.165, 1.54) is 0 Å². The zero-order valence-electron chi connectivity index (χ0n) is 18.8. The van der Waals surface area contributed by atoms with Crippen LogP contribution in [0, 0.1) is 0 Å². The van der Waals surface area contributed by atoms with Gasteiger partial charge < -0.3 is 19.7 Å². The Morgan fingerprint density at radius 3 is 2.73 bits per heavy atom. The summed E-state index contributed by atoms with van der Waals surface area (Å²) in [6.45, 7) is 4.13. The Bertz CT molecular complexity index is 1020. The summed E-state index contributed by atoms with van der Waals surface area (Å²) in [5.74, 6) is 0.691. The highest BCUT2D eigenvalue weighted by Gasteiger charge is 2.48. The number of benzene rings is 1. The van der Waals surface area contributed by atoms with E-state index in [1.54, 1.807) is 48.4 Å². The fourth-order valence-corrected chi connectivity index (χ4v) is 4.61. The average Bonchev–Trinajstić information content (AvgIpc) is 3.47. The number of amides is 4. The van der Waals surface area contributed by atoms with Crippen LogP contribution in [0.2, 0.25) is 0 Å². The van der Waals surface area contributed by atoms with Crippen molar-refractivity contribution in [3.63, 3.8) is 0 Å². The van der Waals surface area contributed by atoms with Gasteiger partial charge in [-0.05, 0) is 68.0 Å². The van der Waals surface area contributed by atoms with Gasteiger partial charge >= 0.3 is 6.03 Å². The average molecular weight is 452 g/mol. The number of methoxy groups -OCH3 is 1. The number of allylic oxidation sites excluding steroid dienone is 3. The molecule has 1 aliphatic carbocycles. The number of hydrogen-bond acceptors (Lipinski definition) is 5. The minimum Gasteiger partial charge on any atom is -0.497 e. The lowest BCUT2D eigenvalue weighted by Crippen LogP contribution is -2.55. The maximum absolute atomic E-state index is 13.0. The molecule has 2 N–H and O–H groups in total. The molecule has 1 unspecified atom stereocenters. The lowest BCUT2D eigenvalue weighted by molar-refractivity contribution is -0.124. The van der Waals surface area contributed by atoms with Crippen LogP contribution in [0.25, 0.3) is 0 Å². The molecule has 3 aliphatic rings. The number of ether oxygens (including phenoxy) is 2. The molecule has 1 saturated heterocycles. The fourth-order valence-electron chi connectivity index (χ4n) is 4.61. The van der Waals surface area contributed by atoms with E-state index >= 15 is 0 Å². The summed E-state index contributed by atoms with van der Waals surface area (Å²) < 4.78 is 11.3. The molecular formula is C25H29N3O5. The molecule has 8 heteroatoms. The highest BCUT2D eigenvalue weighted by molar-refractivity contribution is 6.08. The van der Waals surface area contributed by atoms with Crippen molar-refractivity contribution < 1.29 is 23.9 Å². The summed E-state index contributed by atoms with van der Waals surface area (Å²) in [7, 11) is 1.57. The molecule has 4 amide bonds. The van der Waals surface area contributed by atoms with Gasteiger partial charge in [0.2, 0.25) is 0 Å². The van der Waals surface area contributed by atoms with Gasteiger partial charge in [0.25, 0.3) is 11.8 Å². The molecule has 1 aromatic carbocycles. The Kier molecular flexibility index (Phi) is 6.53. The number of rotatable bonds is 9. The molecular weight excluding hydrogens is 422 g/mol. The second kappa shape index (κ2) is 9.52. The predicted molar refractivity (Wildman–Crippen MR) is 123 cm³/mol. The van der Waals surface area contributed by atoms with Crippen molar-refractivity contribution in [3.8, 4) is 5.75 Å². The van der Waals surface area contributed by atoms with Crippen molar-refractivity contribution in [1.29, 1.82) is 0 Å². The van der Waals surface area contributed by atoms with Gasteiger partial charge in [-0.2, -0.15) is 0 Å². The Balaban J connectivity index is 1.50. The maximum atomic E-state index is 13.0. The van der Waals surface area contributed by atoms with E-state index in [4.69, 9.17) is 9.47 Å². The second-order valence-corrected chi connectivity index (χ2v) is 8.61.